The number of rotatable bonds is 3. The molecule has 2 rings (SSSR count). The van der Waals surface area contributed by atoms with Crippen LogP contribution in [0.2, 0.25) is 5.02 Å². The molecule has 1 aromatic rings. The van der Waals surface area contributed by atoms with Crippen LogP contribution < -0.4 is 0 Å². The number of hydrogen-bond donors (Lipinski definition) is 1. The zero-order valence-corrected chi connectivity index (χ0v) is 10.7. The normalized spacial score (nSPS) is 19.3. The molecule has 0 radical (unpaired) electrons. The van der Waals surface area contributed by atoms with Crippen molar-refractivity contribution in [1.29, 1.82) is 0 Å². The number of aliphatic hydroxyl groups excluding tert-OH is 1. The van der Waals surface area contributed by atoms with E-state index in [2.05, 4.69) is 0 Å². The summed E-state index contributed by atoms with van der Waals surface area (Å²) < 4.78 is 13.7. The lowest BCUT2D eigenvalue weighted by Gasteiger charge is -2.17. The maximum absolute atomic E-state index is 13.7. The second-order valence-electron chi connectivity index (χ2n) is 4.52. The molecule has 0 spiro atoms. The van der Waals surface area contributed by atoms with Gasteiger partial charge in [0.05, 0.1) is 10.6 Å². The monoisotopic (exact) mass is 271 g/mol. The fourth-order valence-electron chi connectivity index (χ4n) is 2.27. The highest BCUT2D eigenvalue weighted by molar-refractivity contribution is 6.31. The quantitative estimate of drug-likeness (QED) is 0.917. The van der Waals surface area contributed by atoms with E-state index in [1.807, 2.05) is 0 Å². The van der Waals surface area contributed by atoms with Gasteiger partial charge in [0.1, 0.15) is 0 Å². The van der Waals surface area contributed by atoms with Crippen molar-refractivity contribution < 1.29 is 14.3 Å². The second kappa shape index (κ2) is 5.67. The summed E-state index contributed by atoms with van der Waals surface area (Å²) >= 11 is 5.66. The van der Waals surface area contributed by atoms with E-state index in [9.17, 15) is 9.18 Å². The van der Waals surface area contributed by atoms with Crippen LogP contribution in [-0.2, 0) is 0 Å². The third kappa shape index (κ3) is 2.65. The molecule has 3 nitrogen and oxygen atoms in total. The number of likely N-dealkylation sites (tertiary alicyclic amines) is 1. The van der Waals surface area contributed by atoms with Gasteiger partial charge in [-0.05, 0) is 30.9 Å². The first-order valence-corrected chi connectivity index (χ1v) is 6.35. The Morgan fingerprint density at radius 2 is 2.33 bits per heavy atom. The first kappa shape index (κ1) is 13.3. The van der Waals surface area contributed by atoms with Crippen LogP contribution in [0.4, 0.5) is 4.39 Å². The van der Waals surface area contributed by atoms with E-state index in [0.717, 1.165) is 6.42 Å². The third-order valence-corrected chi connectivity index (χ3v) is 3.58. The van der Waals surface area contributed by atoms with Gasteiger partial charge in [0.25, 0.3) is 5.91 Å². The maximum atomic E-state index is 13.7. The van der Waals surface area contributed by atoms with E-state index < -0.39 is 5.82 Å². The molecule has 0 bridgehead atoms. The van der Waals surface area contributed by atoms with Crippen molar-refractivity contribution in [1.82, 2.24) is 4.90 Å². The van der Waals surface area contributed by atoms with Gasteiger partial charge in [-0.25, -0.2) is 4.39 Å². The molecule has 1 aromatic carbocycles. The summed E-state index contributed by atoms with van der Waals surface area (Å²) in [7, 11) is 0. The van der Waals surface area contributed by atoms with Crippen LogP contribution >= 0.6 is 11.6 Å². The Bertz CT molecular complexity index is 453. The predicted octanol–water partition coefficient (Wildman–Crippen LogP) is 2.32. The Labute approximate surface area is 110 Å². The molecular formula is C13H15ClFNO2. The standard InChI is InChI=1S/C13H15ClFNO2/c14-11-3-1-2-10(12(11)15)13(18)16-6-4-9(8-16)5-7-17/h1-3,9,17H,4-8H2. The summed E-state index contributed by atoms with van der Waals surface area (Å²) in [6.45, 7) is 1.30. The number of carbonyl (C=O) groups is 1. The van der Waals surface area contributed by atoms with Crippen molar-refractivity contribution >= 4 is 17.5 Å². The average Bonchev–Trinajstić information content (AvgIpc) is 2.81. The van der Waals surface area contributed by atoms with E-state index in [0.29, 0.717) is 25.4 Å². The highest BCUT2D eigenvalue weighted by Gasteiger charge is 2.28. The summed E-state index contributed by atoms with van der Waals surface area (Å²) in [5.41, 5.74) is 0.0205. The SMILES string of the molecule is O=C(c1cccc(Cl)c1F)N1CCC(CCO)C1. The molecule has 1 aliphatic rings. The van der Waals surface area contributed by atoms with Gasteiger partial charge < -0.3 is 10.0 Å². The van der Waals surface area contributed by atoms with Gasteiger partial charge in [-0.15, -0.1) is 0 Å². The average molecular weight is 272 g/mol. The number of aliphatic hydroxyl groups is 1. The number of carbonyl (C=O) groups excluding carboxylic acids is 1. The Kier molecular flexibility index (Phi) is 4.19. The lowest BCUT2D eigenvalue weighted by atomic mass is 10.1. The summed E-state index contributed by atoms with van der Waals surface area (Å²) in [5.74, 6) is -0.675. The first-order valence-electron chi connectivity index (χ1n) is 5.97. The lowest BCUT2D eigenvalue weighted by Crippen LogP contribution is -2.29. The van der Waals surface area contributed by atoms with Crippen LogP contribution in [0, 0.1) is 11.7 Å². The topological polar surface area (TPSA) is 40.5 Å². The number of amides is 1. The number of hydrogen-bond acceptors (Lipinski definition) is 2. The third-order valence-electron chi connectivity index (χ3n) is 3.29. The van der Waals surface area contributed by atoms with Gasteiger partial charge in [0, 0.05) is 19.7 Å². The number of benzene rings is 1. The fourth-order valence-corrected chi connectivity index (χ4v) is 2.45. The molecule has 18 heavy (non-hydrogen) atoms. The van der Waals surface area contributed by atoms with Gasteiger partial charge in [-0.2, -0.15) is 0 Å². The Morgan fingerprint density at radius 3 is 3.06 bits per heavy atom. The smallest absolute Gasteiger partial charge is 0.256 e. The lowest BCUT2D eigenvalue weighted by molar-refractivity contribution is 0.0780. The summed E-state index contributed by atoms with van der Waals surface area (Å²) in [4.78, 5) is 13.8. The molecule has 5 heteroatoms. The molecule has 1 N–H and O–H groups in total. The number of halogens is 2. The Morgan fingerprint density at radius 1 is 1.56 bits per heavy atom. The van der Waals surface area contributed by atoms with Crippen molar-refractivity contribution in [3.05, 3.63) is 34.6 Å². The maximum Gasteiger partial charge on any atom is 0.256 e. The molecule has 1 atom stereocenters. The molecule has 1 saturated heterocycles. The van der Waals surface area contributed by atoms with Gasteiger partial charge in [0.2, 0.25) is 0 Å². The van der Waals surface area contributed by atoms with E-state index in [-0.39, 0.29) is 23.1 Å². The van der Waals surface area contributed by atoms with Crippen molar-refractivity contribution in [2.24, 2.45) is 5.92 Å². The summed E-state index contributed by atoms with van der Waals surface area (Å²) in [5, 5.41) is 8.83. The molecule has 1 fully saturated rings. The molecule has 1 amide bonds. The van der Waals surface area contributed by atoms with Gasteiger partial charge in [-0.3, -0.25) is 4.79 Å². The van der Waals surface area contributed by atoms with E-state index in [1.165, 1.54) is 12.1 Å². The van der Waals surface area contributed by atoms with Gasteiger partial charge in [0.15, 0.2) is 5.82 Å². The second-order valence-corrected chi connectivity index (χ2v) is 4.93. The molecular weight excluding hydrogens is 257 g/mol. The van der Waals surface area contributed by atoms with Crippen molar-refractivity contribution in [2.75, 3.05) is 19.7 Å². The largest absolute Gasteiger partial charge is 0.396 e. The zero-order chi connectivity index (χ0) is 13.1. The van der Waals surface area contributed by atoms with Crippen LogP contribution in [0.1, 0.15) is 23.2 Å². The Balaban J connectivity index is 2.11. The minimum Gasteiger partial charge on any atom is -0.396 e. The minimum absolute atomic E-state index is 0.0205. The van der Waals surface area contributed by atoms with Crippen LogP contribution in [0.5, 0.6) is 0 Å². The molecule has 0 saturated carbocycles. The first-order chi connectivity index (χ1) is 8.63. The van der Waals surface area contributed by atoms with E-state index in [4.69, 9.17) is 16.7 Å². The molecule has 0 aliphatic carbocycles. The van der Waals surface area contributed by atoms with Crippen molar-refractivity contribution in [3.63, 3.8) is 0 Å². The highest BCUT2D eigenvalue weighted by Crippen LogP contribution is 2.24. The zero-order valence-electron chi connectivity index (χ0n) is 9.90. The Hall–Kier alpha value is -1.13. The molecule has 1 heterocycles. The predicted molar refractivity (Wildman–Crippen MR) is 67.1 cm³/mol. The van der Waals surface area contributed by atoms with Crippen LogP contribution in [0.15, 0.2) is 18.2 Å². The van der Waals surface area contributed by atoms with E-state index in [1.54, 1.807) is 11.0 Å². The van der Waals surface area contributed by atoms with Gasteiger partial charge in [-0.1, -0.05) is 17.7 Å². The van der Waals surface area contributed by atoms with Crippen LogP contribution in [0.25, 0.3) is 0 Å². The van der Waals surface area contributed by atoms with E-state index >= 15 is 0 Å². The summed E-state index contributed by atoms with van der Waals surface area (Å²) in [6, 6.07) is 4.44. The van der Waals surface area contributed by atoms with Crippen LogP contribution in [0.3, 0.4) is 0 Å². The summed E-state index contributed by atoms with van der Waals surface area (Å²) in [6.07, 6.45) is 1.54. The van der Waals surface area contributed by atoms with Crippen LogP contribution in [-0.4, -0.2) is 35.6 Å². The highest BCUT2D eigenvalue weighted by atomic mass is 35.5. The van der Waals surface area contributed by atoms with Crippen molar-refractivity contribution in [2.45, 2.75) is 12.8 Å². The van der Waals surface area contributed by atoms with Gasteiger partial charge >= 0.3 is 0 Å². The van der Waals surface area contributed by atoms with Crippen molar-refractivity contribution in [3.8, 4) is 0 Å². The number of nitrogens with zero attached hydrogens (tertiary/aromatic N) is 1. The molecule has 1 aliphatic heterocycles. The minimum atomic E-state index is -0.658. The molecule has 98 valence electrons. The molecule has 0 aromatic heterocycles. The molecule has 1 unspecified atom stereocenters. The fraction of sp³-hybridized carbons (Fsp3) is 0.462.